The summed E-state index contributed by atoms with van der Waals surface area (Å²) in [6, 6.07) is 15.2. The van der Waals surface area contributed by atoms with E-state index in [1.807, 2.05) is 83.1 Å². The Bertz CT molecular complexity index is 1530. The van der Waals surface area contributed by atoms with Gasteiger partial charge < -0.3 is 4.74 Å². The van der Waals surface area contributed by atoms with E-state index in [4.69, 9.17) is 21.9 Å². The molecule has 182 valence electrons. The minimum Gasteiger partial charge on any atom is -0.492 e. The van der Waals surface area contributed by atoms with Crippen LogP contribution in [0.3, 0.4) is 0 Å². The zero-order chi connectivity index (χ0) is 25.3. The van der Waals surface area contributed by atoms with Gasteiger partial charge in [-0.3, -0.25) is 18.7 Å². The van der Waals surface area contributed by atoms with Gasteiger partial charge in [-0.05, 0) is 49.8 Å². The molecule has 2 heterocycles. The van der Waals surface area contributed by atoms with Gasteiger partial charge in [-0.15, -0.1) is 0 Å². The molecule has 4 aromatic rings. The fourth-order valence-electron chi connectivity index (χ4n) is 3.54. The molecule has 0 aliphatic heterocycles. The summed E-state index contributed by atoms with van der Waals surface area (Å²) >= 11 is 8.20. The van der Waals surface area contributed by atoms with E-state index in [1.54, 1.807) is 9.13 Å². The number of para-hydroxylation sites is 3. The molecule has 0 saturated carbocycles. The number of aryl methyl sites for hydroxylation is 1. The van der Waals surface area contributed by atoms with Crippen molar-refractivity contribution in [1.82, 2.24) is 14.1 Å². The molecule has 0 aliphatic rings. The van der Waals surface area contributed by atoms with Crippen molar-refractivity contribution in [3.05, 3.63) is 68.4 Å². The van der Waals surface area contributed by atoms with Crippen LogP contribution in [0.15, 0.2) is 58.5 Å². The van der Waals surface area contributed by atoms with Crippen molar-refractivity contribution in [3.63, 3.8) is 0 Å². The number of hydrogen-bond donors (Lipinski definition) is 0. The average molecular weight is 526 g/mol. The van der Waals surface area contributed by atoms with Crippen molar-refractivity contribution < 1.29 is 9.53 Å². The van der Waals surface area contributed by atoms with Crippen LogP contribution < -0.4 is 10.3 Å². The monoisotopic (exact) mass is 525 g/mol. The van der Waals surface area contributed by atoms with Gasteiger partial charge in [0.25, 0.3) is 5.56 Å². The highest BCUT2D eigenvalue weighted by molar-refractivity contribution is 7.99. The van der Waals surface area contributed by atoms with Crippen molar-refractivity contribution in [2.75, 3.05) is 12.4 Å². The number of nitrogens with zero attached hydrogens (tertiary/aromatic N) is 3. The number of Topliss-reactive ketones (excluding diaryl/α,β-unsaturated/α-hetero) is 1. The Morgan fingerprint density at radius 2 is 1.74 bits per heavy atom. The lowest BCUT2D eigenvalue weighted by atomic mass is 9.92. The van der Waals surface area contributed by atoms with Crippen LogP contribution in [0.4, 0.5) is 0 Å². The first-order valence-corrected chi connectivity index (χ1v) is 13.5. The van der Waals surface area contributed by atoms with Crippen LogP contribution in [0.5, 0.6) is 5.75 Å². The van der Waals surface area contributed by atoms with Crippen LogP contribution in [0, 0.1) is 16.3 Å². The van der Waals surface area contributed by atoms with Crippen molar-refractivity contribution in [1.29, 1.82) is 0 Å². The Kier molecular flexibility index (Phi) is 7.30. The Hall–Kier alpha value is -2.75. The maximum Gasteiger partial charge on any atom is 0.278 e. The molecule has 0 fully saturated rings. The highest BCUT2D eigenvalue weighted by atomic mass is 32.2. The van der Waals surface area contributed by atoms with E-state index in [-0.39, 0.29) is 17.1 Å². The van der Waals surface area contributed by atoms with E-state index in [0.717, 1.165) is 16.9 Å². The highest BCUT2D eigenvalue weighted by Crippen LogP contribution is 2.32. The normalized spacial score (nSPS) is 11.7. The molecule has 4 rings (SSSR count). The van der Waals surface area contributed by atoms with Crippen molar-refractivity contribution >= 4 is 51.4 Å². The van der Waals surface area contributed by atoms with Gasteiger partial charge in [-0.2, -0.15) is 0 Å². The third-order valence-corrected chi connectivity index (χ3v) is 7.80. The largest absolute Gasteiger partial charge is 0.492 e. The third-order valence-electron chi connectivity index (χ3n) is 5.51. The standard InChI is InChI=1S/C26H27N3O3S3/c1-6-32-19-14-10-9-13-18(19)28-22-21(35-25(28)33)23(31)29(17-12-8-7-11-16(17)2)24(27-22)34-15-20(30)26(3,4)5/h7-14H,6,15H2,1-5H3. The second kappa shape index (κ2) is 10.1. The highest BCUT2D eigenvalue weighted by Gasteiger charge is 2.25. The number of ketones is 1. The summed E-state index contributed by atoms with van der Waals surface area (Å²) in [6.45, 7) is 10.0. The fraction of sp³-hybridized carbons (Fsp3) is 0.308. The summed E-state index contributed by atoms with van der Waals surface area (Å²) in [4.78, 5) is 31.6. The molecule has 0 N–H and O–H groups in total. The number of thiazole rings is 1. The molecule has 0 aliphatic carbocycles. The summed E-state index contributed by atoms with van der Waals surface area (Å²) in [5.41, 5.74) is 2.17. The summed E-state index contributed by atoms with van der Waals surface area (Å²) in [7, 11) is 0. The number of carbonyl (C=O) groups excluding carboxylic acids is 1. The summed E-state index contributed by atoms with van der Waals surface area (Å²) < 4.78 is 10.2. The van der Waals surface area contributed by atoms with Gasteiger partial charge in [0.05, 0.1) is 23.7 Å². The first-order chi connectivity index (χ1) is 16.6. The third kappa shape index (κ3) is 4.98. The molecule has 2 aromatic heterocycles. The molecule has 0 atom stereocenters. The van der Waals surface area contributed by atoms with Crippen molar-refractivity contribution in [3.8, 4) is 17.1 Å². The lowest BCUT2D eigenvalue weighted by Crippen LogP contribution is -2.25. The number of rotatable bonds is 7. The number of benzene rings is 2. The number of fused-ring (bicyclic) bond motifs is 1. The Labute approximate surface area is 217 Å². The van der Waals surface area contributed by atoms with Gasteiger partial charge in [-0.25, -0.2) is 4.98 Å². The van der Waals surface area contributed by atoms with Gasteiger partial charge in [0.2, 0.25) is 0 Å². The lowest BCUT2D eigenvalue weighted by Gasteiger charge is -2.18. The van der Waals surface area contributed by atoms with Gasteiger partial charge >= 0.3 is 0 Å². The molecule has 0 spiro atoms. The molecule has 0 bridgehead atoms. The smallest absolute Gasteiger partial charge is 0.278 e. The molecule has 6 nitrogen and oxygen atoms in total. The van der Waals surface area contributed by atoms with E-state index in [0.29, 0.717) is 31.8 Å². The van der Waals surface area contributed by atoms with Crippen LogP contribution in [-0.4, -0.2) is 32.3 Å². The number of ether oxygens (including phenoxy) is 1. The van der Waals surface area contributed by atoms with Gasteiger partial charge in [0.15, 0.2) is 14.8 Å². The van der Waals surface area contributed by atoms with E-state index in [9.17, 15) is 9.59 Å². The van der Waals surface area contributed by atoms with E-state index in [2.05, 4.69) is 0 Å². The predicted molar refractivity (Wildman–Crippen MR) is 146 cm³/mol. The van der Waals surface area contributed by atoms with E-state index >= 15 is 0 Å². The van der Waals surface area contributed by atoms with Crippen molar-refractivity contribution in [2.45, 2.75) is 39.8 Å². The molecule has 0 unspecified atom stereocenters. The first-order valence-electron chi connectivity index (χ1n) is 11.3. The van der Waals surface area contributed by atoms with Crippen LogP contribution >= 0.6 is 35.3 Å². The second-order valence-electron chi connectivity index (χ2n) is 9.04. The average Bonchev–Trinajstić information content (AvgIpc) is 3.14. The predicted octanol–water partition coefficient (Wildman–Crippen LogP) is 6.38. The van der Waals surface area contributed by atoms with Gasteiger partial charge in [-0.1, -0.05) is 74.2 Å². The molecule has 9 heteroatoms. The Morgan fingerprint density at radius 1 is 1.09 bits per heavy atom. The van der Waals surface area contributed by atoms with Gasteiger partial charge in [0, 0.05) is 5.41 Å². The number of hydrogen-bond acceptors (Lipinski definition) is 7. The summed E-state index contributed by atoms with van der Waals surface area (Å²) in [5.74, 6) is 0.943. The molecular weight excluding hydrogens is 499 g/mol. The molecule has 0 radical (unpaired) electrons. The zero-order valence-corrected chi connectivity index (χ0v) is 22.8. The molecule has 0 saturated heterocycles. The van der Waals surface area contributed by atoms with Crippen LogP contribution in [0.25, 0.3) is 21.7 Å². The minimum atomic E-state index is -0.489. The maximum absolute atomic E-state index is 13.9. The Balaban J connectivity index is 2.00. The fourth-order valence-corrected chi connectivity index (χ4v) is 5.98. The first kappa shape index (κ1) is 25.3. The summed E-state index contributed by atoms with van der Waals surface area (Å²) in [5, 5.41) is 0.449. The van der Waals surface area contributed by atoms with E-state index in [1.165, 1.54) is 23.1 Å². The topological polar surface area (TPSA) is 66.1 Å². The zero-order valence-electron chi connectivity index (χ0n) is 20.3. The SMILES string of the molecule is CCOc1ccccc1-n1c(=S)sc2c(=O)n(-c3ccccc3C)c(SCC(=O)C(C)(C)C)nc21. The minimum absolute atomic E-state index is 0.0806. The second-order valence-corrected chi connectivity index (χ2v) is 11.6. The molecule has 2 aromatic carbocycles. The van der Waals surface area contributed by atoms with Crippen LogP contribution in [0.1, 0.15) is 33.3 Å². The number of thioether (sulfide) groups is 1. The van der Waals surface area contributed by atoms with Gasteiger partial charge in [0.1, 0.15) is 16.2 Å². The summed E-state index contributed by atoms with van der Waals surface area (Å²) in [6.07, 6.45) is 0. The molecular formula is C26H27N3O3S3. The quantitative estimate of drug-likeness (QED) is 0.158. The number of aromatic nitrogens is 3. The van der Waals surface area contributed by atoms with E-state index < -0.39 is 5.41 Å². The Morgan fingerprint density at radius 3 is 2.40 bits per heavy atom. The number of carbonyl (C=O) groups is 1. The van der Waals surface area contributed by atoms with Crippen molar-refractivity contribution in [2.24, 2.45) is 5.41 Å². The van der Waals surface area contributed by atoms with Crippen LogP contribution in [-0.2, 0) is 4.79 Å². The maximum atomic E-state index is 13.9. The van der Waals surface area contributed by atoms with Crippen LogP contribution in [0.2, 0.25) is 0 Å². The lowest BCUT2D eigenvalue weighted by molar-refractivity contribution is -0.123. The molecule has 35 heavy (non-hydrogen) atoms. The molecule has 0 amide bonds.